The molecule has 4 saturated carbocycles. The van der Waals surface area contributed by atoms with E-state index in [1.165, 1.54) is 24.8 Å². The number of hydrogen-bond acceptors (Lipinski definition) is 3. The lowest BCUT2D eigenvalue weighted by Crippen LogP contribution is -2.84. The van der Waals surface area contributed by atoms with E-state index in [-0.39, 0.29) is 21.7 Å². The summed E-state index contributed by atoms with van der Waals surface area (Å²) in [5, 5.41) is 7.07. The van der Waals surface area contributed by atoms with Gasteiger partial charge in [-0.2, -0.15) is 0 Å². The van der Waals surface area contributed by atoms with Crippen LogP contribution in [0.15, 0.2) is 30.3 Å². The summed E-state index contributed by atoms with van der Waals surface area (Å²) in [7, 11) is 0. The maximum atomic E-state index is 14.0. The Hall–Kier alpha value is -1.39. The molecule has 162 valence electrons. The molecule has 7 atom stereocenters. The quantitative estimate of drug-likeness (QED) is 0.753. The van der Waals surface area contributed by atoms with E-state index in [2.05, 4.69) is 54.8 Å². The number of hydrogen-bond donors (Lipinski definition) is 2. The summed E-state index contributed by atoms with van der Waals surface area (Å²) >= 11 is 0. The highest BCUT2D eigenvalue weighted by atomic mass is 16.5. The molecule has 1 aliphatic heterocycles. The number of piperidine rings is 1. The third kappa shape index (κ3) is 2.08. The summed E-state index contributed by atoms with van der Waals surface area (Å²) in [5.74, 6) is 1.06. The number of carbonyl (C=O) groups excluding carboxylic acids is 1. The van der Waals surface area contributed by atoms with Crippen molar-refractivity contribution in [1.29, 1.82) is 0 Å². The first-order valence-electron chi connectivity index (χ1n) is 12.2. The van der Waals surface area contributed by atoms with Gasteiger partial charge in [0, 0.05) is 34.9 Å². The minimum absolute atomic E-state index is 0.108. The highest BCUT2D eigenvalue weighted by Gasteiger charge is 2.94. The minimum atomic E-state index is -0.171. The second-order valence-electron chi connectivity index (χ2n) is 11.2. The monoisotopic (exact) mass is 408 g/mol. The fourth-order valence-electron chi connectivity index (χ4n) is 9.51. The molecule has 6 rings (SSSR count). The van der Waals surface area contributed by atoms with Crippen molar-refractivity contribution in [2.75, 3.05) is 19.8 Å². The Balaban J connectivity index is 1.36. The highest BCUT2D eigenvalue weighted by Crippen LogP contribution is 2.95. The standard InChI is InChI=1S/C26H36N2O2/c1-3-30-17-23-12-19-13-24(22(29)28-21-9-10-27-18(2)11-21)16-25(15-23,26(23,24)14-19)20-7-5-4-6-8-20/h4-8,18-19,21,27H,3,9-17H2,1-2H3,(H,28,29)/t18-,19?,21-,23+,24?,25-,26?/m0/s1. The zero-order valence-electron chi connectivity index (χ0n) is 18.5. The molecule has 1 saturated heterocycles. The van der Waals surface area contributed by atoms with Crippen LogP contribution in [0, 0.1) is 22.2 Å². The predicted octanol–water partition coefficient (Wildman–Crippen LogP) is 3.80. The molecule has 1 spiro atoms. The van der Waals surface area contributed by atoms with Gasteiger partial charge in [-0.05, 0) is 76.8 Å². The molecule has 3 unspecified atom stereocenters. The number of benzene rings is 1. The smallest absolute Gasteiger partial charge is 0.227 e. The van der Waals surface area contributed by atoms with E-state index in [4.69, 9.17) is 4.74 Å². The van der Waals surface area contributed by atoms with Crippen molar-refractivity contribution in [2.24, 2.45) is 22.2 Å². The van der Waals surface area contributed by atoms with Crippen LogP contribution in [0.2, 0.25) is 0 Å². The maximum Gasteiger partial charge on any atom is 0.227 e. The van der Waals surface area contributed by atoms with Crippen molar-refractivity contribution in [3.63, 3.8) is 0 Å². The maximum absolute atomic E-state index is 14.0. The van der Waals surface area contributed by atoms with Crippen molar-refractivity contribution >= 4 is 5.91 Å². The van der Waals surface area contributed by atoms with Crippen LogP contribution in [0.1, 0.15) is 64.4 Å². The average Bonchev–Trinajstić information content (AvgIpc) is 3.20. The first-order valence-corrected chi connectivity index (χ1v) is 12.2. The van der Waals surface area contributed by atoms with Crippen molar-refractivity contribution in [2.45, 2.75) is 76.3 Å². The molecule has 4 heteroatoms. The molecule has 30 heavy (non-hydrogen) atoms. The summed E-state index contributed by atoms with van der Waals surface area (Å²) in [4.78, 5) is 14.0. The van der Waals surface area contributed by atoms with Gasteiger partial charge < -0.3 is 15.4 Å². The number of carbonyl (C=O) groups is 1. The Morgan fingerprint density at radius 1 is 1.20 bits per heavy atom. The van der Waals surface area contributed by atoms with E-state index in [9.17, 15) is 4.79 Å². The van der Waals surface area contributed by atoms with Gasteiger partial charge in [-0.1, -0.05) is 30.3 Å². The molecule has 5 fully saturated rings. The Morgan fingerprint density at radius 2 is 2.03 bits per heavy atom. The first-order chi connectivity index (χ1) is 14.5. The summed E-state index contributed by atoms with van der Waals surface area (Å²) < 4.78 is 6.09. The zero-order valence-corrected chi connectivity index (χ0v) is 18.5. The molecule has 2 N–H and O–H groups in total. The average molecular weight is 409 g/mol. The van der Waals surface area contributed by atoms with Gasteiger partial charge in [0.2, 0.25) is 5.91 Å². The molecule has 1 aromatic carbocycles. The van der Waals surface area contributed by atoms with Crippen LogP contribution < -0.4 is 10.6 Å². The minimum Gasteiger partial charge on any atom is -0.381 e. The van der Waals surface area contributed by atoms with Gasteiger partial charge in [-0.15, -0.1) is 0 Å². The number of amides is 1. The predicted molar refractivity (Wildman–Crippen MR) is 117 cm³/mol. The zero-order chi connectivity index (χ0) is 20.6. The fourth-order valence-corrected chi connectivity index (χ4v) is 9.51. The molecular weight excluding hydrogens is 372 g/mol. The van der Waals surface area contributed by atoms with Crippen molar-refractivity contribution < 1.29 is 9.53 Å². The van der Waals surface area contributed by atoms with E-state index >= 15 is 0 Å². The number of fused-ring (bicyclic) bond motifs is 1. The summed E-state index contributed by atoms with van der Waals surface area (Å²) in [6.07, 6.45) is 7.94. The fraction of sp³-hybridized carbons (Fsp3) is 0.731. The largest absolute Gasteiger partial charge is 0.381 e. The van der Waals surface area contributed by atoms with E-state index in [1.807, 2.05) is 0 Å². The second kappa shape index (κ2) is 6.32. The van der Waals surface area contributed by atoms with Crippen LogP contribution in [-0.2, 0) is 14.9 Å². The third-order valence-electron chi connectivity index (χ3n) is 10.00. The van der Waals surface area contributed by atoms with Crippen molar-refractivity contribution in [3.8, 4) is 0 Å². The third-order valence-corrected chi connectivity index (χ3v) is 10.00. The lowest BCUT2D eigenvalue weighted by molar-refractivity contribution is -0.320. The van der Waals surface area contributed by atoms with Crippen molar-refractivity contribution in [1.82, 2.24) is 10.6 Å². The molecule has 1 heterocycles. The van der Waals surface area contributed by atoms with Gasteiger partial charge in [0.15, 0.2) is 0 Å². The van der Waals surface area contributed by atoms with Crippen LogP contribution in [0.5, 0.6) is 0 Å². The summed E-state index contributed by atoms with van der Waals surface area (Å²) in [6.45, 7) is 6.95. The lowest BCUT2D eigenvalue weighted by Gasteiger charge is -2.83. The molecular formula is C26H36N2O2. The number of rotatable bonds is 6. The van der Waals surface area contributed by atoms with Gasteiger partial charge in [-0.25, -0.2) is 0 Å². The van der Waals surface area contributed by atoms with E-state index in [0.29, 0.717) is 23.9 Å². The van der Waals surface area contributed by atoms with Crippen LogP contribution in [0.4, 0.5) is 0 Å². The lowest BCUT2D eigenvalue weighted by atomic mass is 9.19. The van der Waals surface area contributed by atoms with Gasteiger partial charge in [0.05, 0.1) is 12.0 Å². The van der Waals surface area contributed by atoms with Crippen molar-refractivity contribution in [3.05, 3.63) is 35.9 Å². The molecule has 1 aromatic rings. The molecule has 0 aromatic heterocycles. The first kappa shape index (κ1) is 19.3. The summed E-state index contributed by atoms with van der Waals surface area (Å²) in [6, 6.07) is 11.9. The molecule has 0 radical (unpaired) electrons. The molecule has 4 aliphatic carbocycles. The van der Waals surface area contributed by atoms with Crippen LogP contribution in [0.25, 0.3) is 0 Å². The Bertz CT molecular complexity index is 858. The van der Waals surface area contributed by atoms with Gasteiger partial charge in [0.25, 0.3) is 0 Å². The van der Waals surface area contributed by atoms with Crippen LogP contribution >= 0.6 is 0 Å². The van der Waals surface area contributed by atoms with E-state index in [0.717, 1.165) is 45.4 Å². The Labute approximate surface area is 180 Å². The van der Waals surface area contributed by atoms with E-state index in [1.54, 1.807) is 0 Å². The molecule has 4 nitrogen and oxygen atoms in total. The molecule has 1 amide bonds. The number of ether oxygens (including phenoxy) is 1. The highest BCUT2D eigenvalue weighted by molar-refractivity contribution is 5.88. The molecule has 2 bridgehead atoms. The van der Waals surface area contributed by atoms with E-state index < -0.39 is 0 Å². The number of nitrogens with one attached hydrogen (secondary N) is 2. The van der Waals surface area contributed by atoms with Crippen LogP contribution in [0.3, 0.4) is 0 Å². The second-order valence-corrected chi connectivity index (χ2v) is 11.2. The molecule has 5 aliphatic rings. The van der Waals surface area contributed by atoms with Gasteiger partial charge in [0.1, 0.15) is 0 Å². The topological polar surface area (TPSA) is 50.4 Å². The van der Waals surface area contributed by atoms with Crippen LogP contribution in [-0.4, -0.2) is 37.7 Å². The Kier molecular flexibility index (Phi) is 4.07. The van der Waals surface area contributed by atoms with Gasteiger partial charge >= 0.3 is 0 Å². The van der Waals surface area contributed by atoms with Gasteiger partial charge in [-0.3, -0.25) is 4.79 Å². The normalized spacial score (nSPS) is 47.9. The summed E-state index contributed by atoms with van der Waals surface area (Å²) in [5.41, 5.74) is 1.80. The SMILES string of the molecule is CCOC[C@@]12CC3CC4(C(=O)N[C@H]5CCN[C@@H](C)C5)C[C@](c5ccccc5)(C1)C42C3. The Morgan fingerprint density at radius 3 is 2.80 bits per heavy atom.